The molecule has 0 saturated heterocycles. The van der Waals surface area contributed by atoms with Crippen molar-refractivity contribution in [3.63, 3.8) is 0 Å². The van der Waals surface area contributed by atoms with Crippen LogP contribution in [0.3, 0.4) is 0 Å². The van der Waals surface area contributed by atoms with E-state index in [1.165, 1.54) is 31.7 Å². The molecule has 0 saturated carbocycles. The standard InChI is InChI=1S/C28H24N6O7/c1-39-16-41-23-6-3-2-5-18(23)21-14-19(20(15-29)25(33-21)34-27(36)24-7-4-12-40-24)17-8-9-30-22(13-17)26(35)31-10-11-32-28(37)38/h2-9,12-14,32H,10-11,16H2,1H3,(H,31,35)(H,37,38)(H,33,34,36). The van der Waals surface area contributed by atoms with Crippen molar-refractivity contribution in [1.82, 2.24) is 20.6 Å². The second kappa shape index (κ2) is 13.4. The number of methoxy groups -OCH3 is 1. The van der Waals surface area contributed by atoms with Gasteiger partial charge in [0.15, 0.2) is 18.4 Å². The van der Waals surface area contributed by atoms with E-state index in [9.17, 15) is 19.6 Å². The molecule has 0 spiro atoms. The van der Waals surface area contributed by atoms with Crippen molar-refractivity contribution in [3.05, 3.63) is 84.1 Å². The van der Waals surface area contributed by atoms with Crippen LogP contribution < -0.4 is 20.7 Å². The Morgan fingerprint density at radius 3 is 2.56 bits per heavy atom. The molecule has 0 unspecified atom stereocenters. The number of ether oxygens (including phenoxy) is 2. The van der Waals surface area contributed by atoms with E-state index in [2.05, 4.69) is 32.0 Å². The highest BCUT2D eigenvalue weighted by Gasteiger charge is 2.21. The summed E-state index contributed by atoms with van der Waals surface area (Å²) in [5, 5.41) is 26.2. The maximum atomic E-state index is 12.9. The molecule has 0 aliphatic rings. The Morgan fingerprint density at radius 2 is 1.83 bits per heavy atom. The summed E-state index contributed by atoms with van der Waals surface area (Å²) in [5.74, 6) is -0.727. The smallest absolute Gasteiger partial charge is 0.404 e. The number of nitrogens with zero attached hydrogens (tertiary/aromatic N) is 3. The van der Waals surface area contributed by atoms with Gasteiger partial charge in [-0.2, -0.15) is 5.26 Å². The van der Waals surface area contributed by atoms with Gasteiger partial charge < -0.3 is 34.9 Å². The maximum absolute atomic E-state index is 12.9. The molecule has 3 amide bonds. The van der Waals surface area contributed by atoms with Gasteiger partial charge in [-0.15, -0.1) is 0 Å². The first-order valence-electron chi connectivity index (χ1n) is 12.1. The average molecular weight is 557 g/mol. The number of carbonyl (C=O) groups is 3. The second-order valence-corrected chi connectivity index (χ2v) is 8.29. The molecule has 13 heteroatoms. The van der Waals surface area contributed by atoms with Gasteiger partial charge >= 0.3 is 6.09 Å². The van der Waals surface area contributed by atoms with Gasteiger partial charge in [0.25, 0.3) is 11.8 Å². The summed E-state index contributed by atoms with van der Waals surface area (Å²) in [5.41, 5.74) is 1.79. The Labute approximate surface area is 233 Å². The predicted molar refractivity (Wildman–Crippen MR) is 145 cm³/mol. The predicted octanol–water partition coefficient (Wildman–Crippen LogP) is 3.51. The highest BCUT2D eigenvalue weighted by atomic mass is 16.7. The summed E-state index contributed by atoms with van der Waals surface area (Å²) in [4.78, 5) is 44.8. The average Bonchev–Trinajstić information content (AvgIpc) is 3.53. The van der Waals surface area contributed by atoms with Crippen LogP contribution in [0.5, 0.6) is 5.75 Å². The molecule has 0 atom stereocenters. The maximum Gasteiger partial charge on any atom is 0.404 e. The zero-order chi connectivity index (χ0) is 29.2. The Bertz CT molecular complexity index is 1600. The quantitative estimate of drug-likeness (QED) is 0.157. The number of hydrogen-bond acceptors (Lipinski definition) is 9. The highest BCUT2D eigenvalue weighted by Crippen LogP contribution is 2.36. The van der Waals surface area contributed by atoms with Crippen molar-refractivity contribution < 1.29 is 33.4 Å². The van der Waals surface area contributed by atoms with Gasteiger partial charge in [-0.25, -0.2) is 9.78 Å². The molecule has 13 nitrogen and oxygen atoms in total. The third kappa shape index (κ3) is 7.02. The molecule has 3 aromatic heterocycles. The number of carbonyl (C=O) groups excluding carboxylic acids is 2. The van der Waals surface area contributed by atoms with Crippen molar-refractivity contribution in [2.45, 2.75) is 0 Å². The van der Waals surface area contributed by atoms with Crippen LogP contribution in [0.1, 0.15) is 26.6 Å². The molecule has 208 valence electrons. The number of amides is 3. The molecule has 0 bridgehead atoms. The number of benzene rings is 1. The van der Waals surface area contributed by atoms with Gasteiger partial charge in [0.1, 0.15) is 23.1 Å². The van der Waals surface area contributed by atoms with Crippen LogP contribution in [-0.2, 0) is 4.74 Å². The number of pyridine rings is 2. The molecule has 41 heavy (non-hydrogen) atoms. The SMILES string of the molecule is COCOc1ccccc1-c1cc(-c2ccnc(C(=O)NCCNC(=O)O)c2)c(C#N)c(NC(=O)c2ccco2)n1. The molecular weight excluding hydrogens is 532 g/mol. The lowest BCUT2D eigenvalue weighted by molar-refractivity contribution is 0.0515. The van der Waals surface area contributed by atoms with Crippen molar-refractivity contribution in [1.29, 1.82) is 5.26 Å². The number of anilines is 1. The van der Waals surface area contributed by atoms with Crippen LogP contribution in [0.25, 0.3) is 22.4 Å². The topological polar surface area (TPSA) is 189 Å². The van der Waals surface area contributed by atoms with E-state index in [1.807, 2.05) is 0 Å². The molecular formula is C28H24N6O7. The minimum Gasteiger partial charge on any atom is -0.467 e. The molecule has 0 radical (unpaired) electrons. The lowest BCUT2D eigenvalue weighted by atomic mass is 9.98. The minimum absolute atomic E-state index is 0.0103. The van der Waals surface area contributed by atoms with Crippen LogP contribution >= 0.6 is 0 Å². The van der Waals surface area contributed by atoms with E-state index < -0.39 is 17.9 Å². The largest absolute Gasteiger partial charge is 0.467 e. The number of rotatable bonds is 11. The van der Waals surface area contributed by atoms with Crippen molar-refractivity contribution >= 4 is 23.7 Å². The number of nitriles is 1. The van der Waals surface area contributed by atoms with Crippen LogP contribution in [0.4, 0.5) is 10.6 Å². The van der Waals surface area contributed by atoms with E-state index in [1.54, 1.807) is 42.5 Å². The summed E-state index contributed by atoms with van der Waals surface area (Å²) in [6, 6.07) is 16.9. The first-order valence-corrected chi connectivity index (χ1v) is 12.1. The molecule has 0 fully saturated rings. The summed E-state index contributed by atoms with van der Waals surface area (Å²) >= 11 is 0. The van der Waals surface area contributed by atoms with E-state index in [-0.39, 0.29) is 42.7 Å². The van der Waals surface area contributed by atoms with Crippen LogP contribution in [0.2, 0.25) is 0 Å². The Kier molecular flexibility index (Phi) is 9.21. The lowest BCUT2D eigenvalue weighted by Gasteiger charge is -2.15. The Morgan fingerprint density at radius 1 is 1.02 bits per heavy atom. The van der Waals surface area contributed by atoms with E-state index >= 15 is 0 Å². The first-order chi connectivity index (χ1) is 19.9. The van der Waals surface area contributed by atoms with Gasteiger partial charge in [0.05, 0.1) is 12.0 Å². The van der Waals surface area contributed by atoms with Gasteiger partial charge in [-0.3, -0.25) is 14.6 Å². The second-order valence-electron chi connectivity index (χ2n) is 8.29. The first kappa shape index (κ1) is 28.3. The summed E-state index contributed by atoms with van der Waals surface area (Å²) in [7, 11) is 1.49. The van der Waals surface area contributed by atoms with Crippen molar-refractivity contribution in [3.8, 4) is 34.2 Å². The fourth-order valence-electron chi connectivity index (χ4n) is 3.78. The number of carboxylic acid groups (broad SMARTS) is 1. The highest BCUT2D eigenvalue weighted by molar-refractivity contribution is 6.03. The zero-order valence-corrected chi connectivity index (χ0v) is 21.7. The zero-order valence-electron chi connectivity index (χ0n) is 21.7. The normalized spacial score (nSPS) is 10.3. The Hall–Kier alpha value is -5.74. The Balaban J connectivity index is 1.79. The van der Waals surface area contributed by atoms with E-state index in [0.29, 0.717) is 28.1 Å². The fraction of sp³-hybridized carbons (Fsp3) is 0.143. The molecule has 4 N–H and O–H groups in total. The number of furan rings is 1. The van der Waals surface area contributed by atoms with Gasteiger partial charge in [0, 0.05) is 37.5 Å². The summed E-state index contributed by atoms with van der Waals surface area (Å²) in [6.45, 7) is 0.0322. The minimum atomic E-state index is -1.21. The summed E-state index contributed by atoms with van der Waals surface area (Å²) < 4.78 is 15.9. The number of nitrogens with one attached hydrogen (secondary N) is 3. The fourth-order valence-corrected chi connectivity index (χ4v) is 3.78. The van der Waals surface area contributed by atoms with E-state index in [4.69, 9.17) is 19.0 Å². The third-order valence-electron chi connectivity index (χ3n) is 5.59. The van der Waals surface area contributed by atoms with Crippen LogP contribution in [0, 0.1) is 11.3 Å². The number of para-hydroxylation sites is 1. The third-order valence-corrected chi connectivity index (χ3v) is 5.59. The number of aromatic nitrogens is 2. The molecule has 4 rings (SSSR count). The molecule has 3 heterocycles. The molecule has 4 aromatic rings. The lowest BCUT2D eigenvalue weighted by Crippen LogP contribution is -2.34. The molecule has 0 aliphatic heterocycles. The van der Waals surface area contributed by atoms with Crippen molar-refractivity contribution in [2.75, 3.05) is 32.3 Å². The summed E-state index contributed by atoms with van der Waals surface area (Å²) in [6.07, 6.45) is 1.54. The number of hydrogen-bond donors (Lipinski definition) is 4. The van der Waals surface area contributed by atoms with Crippen LogP contribution in [0.15, 0.2) is 71.5 Å². The van der Waals surface area contributed by atoms with Crippen LogP contribution in [-0.4, -0.2) is 60.0 Å². The van der Waals surface area contributed by atoms with Gasteiger partial charge in [0.2, 0.25) is 0 Å². The molecule has 1 aromatic carbocycles. The van der Waals surface area contributed by atoms with Crippen molar-refractivity contribution in [2.24, 2.45) is 0 Å². The monoisotopic (exact) mass is 556 g/mol. The molecule has 0 aliphatic carbocycles. The van der Waals surface area contributed by atoms with Gasteiger partial charge in [-0.1, -0.05) is 12.1 Å². The van der Waals surface area contributed by atoms with E-state index in [0.717, 1.165) is 0 Å². The van der Waals surface area contributed by atoms with Gasteiger partial charge in [-0.05, 0) is 48.0 Å².